The van der Waals surface area contributed by atoms with Gasteiger partial charge in [0, 0.05) is 6.54 Å². The highest BCUT2D eigenvalue weighted by Crippen LogP contribution is 2.30. The number of thiophene rings is 1. The van der Waals surface area contributed by atoms with Gasteiger partial charge in [-0.2, -0.15) is 0 Å². The van der Waals surface area contributed by atoms with E-state index in [-0.39, 0.29) is 5.91 Å². The van der Waals surface area contributed by atoms with E-state index in [0.29, 0.717) is 4.88 Å². The van der Waals surface area contributed by atoms with E-state index in [0.717, 1.165) is 40.4 Å². The van der Waals surface area contributed by atoms with Crippen LogP contribution in [-0.2, 0) is 6.54 Å². The molecule has 4 rings (SSSR count). The Morgan fingerprint density at radius 2 is 1.81 bits per heavy atom. The van der Waals surface area contributed by atoms with Crippen LogP contribution in [0.15, 0.2) is 66.7 Å². The fourth-order valence-corrected chi connectivity index (χ4v) is 3.91. The minimum Gasteiger partial charge on any atom is -0.323 e. The number of nitrogens with one attached hydrogen (secondary N) is 2. The van der Waals surface area contributed by atoms with Crippen molar-refractivity contribution in [3.8, 4) is 10.7 Å². The van der Waals surface area contributed by atoms with Crippen LogP contribution in [0.2, 0.25) is 0 Å². The summed E-state index contributed by atoms with van der Waals surface area (Å²) in [4.78, 5) is 18.9. The van der Waals surface area contributed by atoms with E-state index in [9.17, 15) is 4.79 Å². The molecule has 2 heterocycles. The number of benzene rings is 2. The van der Waals surface area contributed by atoms with Crippen LogP contribution in [0.25, 0.3) is 21.7 Å². The molecule has 0 bridgehead atoms. The quantitative estimate of drug-likeness (QED) is 0.469. The van der Waals surface area contributed by atoms with E-state index in [1.165, 1.54) is 11.3 Å². The fourth-order valence-electron chi connectivity index (χ4n) is 3.01. The summed E-state index contributed by atoms with van der Waals surface area (Å²) in [5.74, 6) is 0.756. The lowest BCUT2D eigenvalue weighted by Gasteiger charge is -2.07. The SMILES string of the molecule is CCCn1c(-c2ccc(C(=O)NNc3ccccc3)s2)nc2ccccc21. The predicted molar refractivity (Wildman–Crippen MR) is 111 cm³/mol. The topological polar surface area (TPSA) is 59.0 Å². The average Bonchev–Trinajstić information content (AvgIpc) is 3.33. The summed E-state index contributed by atoms with van der Waals surface area (Å²) < 4.78 is 2.23. The monoisotopic (exact) mass is 376 g/mol. The number of rotatable bonds is 6. The van der Waals surface area contributed by atoms with Gasteiger partial charge in [0.1, 0.15) is 0 Å². The second kappa shape index (κ2) is 7.63. The van der Waals surface area contributed by atoms with Crippen molar-refractivity contribution in [1.82, 2.24) is 15.0 Å². The number of anilines is 1. The van der Waals surface area contributed by atoms with Crippen molar-refractivity contribution in [2.24, 2.45) is 0 Å². The fraction of sp³-hybridized carbons (Fsp3) is 0.143. The van der Waals surface area contributed by atoms with Gasteiger partial charge in [-0.05, 0) is 42.8 Å². The van der Waals surface area contributed by atoms with Gasteiger partial charge in [0.15, 0.2) is 5.82 Å². The van der Waals surface area contributed by atoms with Gasteiger partial charge in [0.2, 0.25) is 0 Å². The Bertz CT molecular complexity index is 1070. The molecule has 5 nitrogen and oxygen atoms in total. The third-order valence-corrected chi connectivity index (χ3v) is 5.33. The molecular weight excluding hydrogens is 356 g/mol. The molecule has 0 atom stereocenters. The maximum atomic E-state index is 12.5. The van der Waals surface area contributed by atoms with Crippen LogP contribution in [-0.4, -0.2) is 15.5 Å². The molecule has 6 heteroatoms. The molecule has 0 aliphatic rings. The van der Waals surface area contributed by atoms with Crippen molar-refractivity contribution >= 4 is 34.0 Å². The Kier molecular flexibility index (Phi) is 4.89. The number of imidazole rings is 1. The normalized spacial score (nSPS) is 10.9. The highest BCUT2D eigenvalue weighted by atomic mass is 32.1. The minimum absolute atomic E-state index is 0.159. The molecule has 4 aromatic rings. The van der Waals surface area contributed by atoms with Crippen LogP contribution in [0, 0.1) is 0 Å². The summed E-state index contributed by atoms with van der Waals surface area (Å²) in [7, 11) is 0. The first kappa shape index (κ1) is 17.3. The number of para-hydroxylation sites is 3. The van der Waals surface area contributed by atoms with Crippen molar-refractivity contribution in [2.45, 2.75) is 19.9 Å². The number of hydrogen-bond donors (Lipinski definition) is 2. The van der Waals surface area contributed by atoms with Crippen LogP contribution in [0.4, 0.5) is 5.69 Å². The molecule has 0 aliphatic heterocycles. The number of carbonyl (C=O) groups excluding carboxylic acids is 1. The van der Waals surface area contributed by atoms with E-state index in [4.69, 9.17) is 4.98 Å². The lowest BCUT2D eigenvalue weighted by molar-refractivity contribution is 0.0966. The Labute approximate surface area is 161 Å². The zero-order valence-electron chi connectivity index (χ0n) is 15.0. The first-order valence-electron chi connectivity index (χ1n) is 8.93. The molecule has 0 spiro atoms. The number of fused-ring (bicyclic) bond motifs is 1. The Morgan fingerprint density at radius 1 is 1.04 bits per heavy atom. The number of amides is 1. The molecule has 0 saturated carbocycles. The molecule has 2 aromatic carbocycles. The van der Waals surface area contributed by atoms with Gasteiger partial charge in [-0.1, -0.05) is 37.3 Å². The number of hydrogen-bond acceptors (Lipinski definition) is 4. The molecule has 0 aliphatic carbocycles. The Balaban J connectivity index is 1.58. The van der Waals surface area contributed by atoms with E-state index < -0.39 is 0 Å². The summed E-state index contributed by atoms with van der Waals surface area (Å²) in [5.41, 5.74) is 8.61. The number of aryl methyl sites for hydroxylation is 1. The zero-order valence-corrected chi connectivity index (χ0v) is 15.8. The molecule has 136 valence electrons. The van der Waals surface area contributed by atoms with Gasteiger partial charge in [-0.25, -0.2) is 4.98 Å². The highest BCUT2D eigenvalue weighted by molar-refractivity contribution is 7.17. The number of carbonyl (C=O) groups is 1. The van der Waals surface area contributed by atoms with E-state index >= 15 is 0 Å². The van der Waals surface area contributed by atoms with Gasteiger partial charge in [0.25, 0.3) is 5.91 Å². The first-order valence-corrected chi connectivity index (χ1v) is 9.75. The number of hydrazine groups is 1. The molecule has 0 saturated heterocycles. The first-order chi connectivity index (χ1) is 13.3. The zero-order chi connectivity index (χ0) is 18.6. The van der Waals surface area contributed by atoms with Crippen molar-refractivity contribution in [1.29, 1.82) is 0 Å². The molecule has 2 N–H and O–H groups in total. The van der Waals surface area contributed by atoms with Gasteiger partial charge in [-0.15, -0.1) is 11.3 Å². The Hall–Kier alpha value is -3.12. The maximum absolute atomic E-state index is 12.5. The second-order valence-electron chi connectivity index (χ2n) is 6.18. The van der Waals surface area contributed by atoms with Crippen molar-refractivity contribution in [2.75, 3.05) is 5.43 Å². The second-order valence-corrected chi connectivity index (χ2v) is 7.27. The third kappa shape index (κ3) is 3.57. The number of aromatic nitrogens is 2. The van der Waals surface area contributed by atoms with Crippen LogP contribution < -0.4 is 10.9 Å². The molecule has 1 amide bonds. The molecule has 27 heavy (non-hydrogen) atoms. The molecule has 0 fully saturated rings. The maximum Gasteiger partial charge on any atom is 0.279 e. The molecule has 2 aromatic heterocycles. The van der Waals surface area contributed by atoms with Crippen LogP contribution >= 0.6 is 11.3 Å². The van der Waals surface area contributed by atoms with E-state index in [1.54, 1.807) is 0 Å². The smallest absolute Gasteiger partial charge is 0.279 e. The molecule has 0 radical (unpaired) electrons. The lowest BCUT2D eigenvalue weighted by atomic mass is 10.3. The van der Waals surface area contributed by atoms with Gasteiger partial charge < -0.3 is 4.57 Å². The van der Waals surface area contributed by atoms with Crippen LogP contribution in [0.3, 0.4) is 0 Å². The van der Waals surface area contributed by atoms with Crippen molar-refractivity contribution in [3.05, 3.63) is 71.6 Å². The standard InChI is InChI=1S/C21H20N4OS/c1-2-14-25-17-11-7-6-10-16(17)22-20(25)18-12-13-19(27-18)21(26)24-23-15-8-4-3-5-9-15/h3-13,23H,2,14H2,1H3,(H,24,26). The highest BCUT2D eigenvalue weighted by Gasteiger charge is 2.16. The van der Waals surface area contributed by atoms with Gasteiger partial charge in [-0.3, -0.25) is 15.6 Å². The van der Waals surface area contributed by atoms with E-state index in [1.807, 2.05) is 60.7 Å². The van der Waals surface area contributed by atoms with Gasteiger partial charge in [0.05, 0.1) is 26.5 Å². The summed E-state index contributed by atoms with van der Waals surface area (Å²) in [6.45, 7) is 3.05. The van der Waals surface area contributed by atoms with E-state index in [2.05, 4.69) is 28.4 Å². The molecule has 0 unspecified atom stereocenters. The summed E-state index contributed by atoms with van der Waals surface area (Å²) >= 11 is 1.45. The van der Waals surface area contributed by atoms with Crippen LogP contribution in [0.1, 0.15) is 23.0 Å². The third-order valence-electron chi connectivity index (χ3n) is 4.25. The largest absolute Gasteiger partial charge is 0.323 e. The number of nitrogens with zero attached hydrogens (tertiary/aromatic N) is 2. The molecular formula is C21H20N4OS. The predicted octanol–water partition coefficient (Wildman–Crippen LogP) is 4.93. The minimum atomic E-state index is -0.159. The van der Waals surface area contributed by atoms with Gasteiger partial charge >= 0.3 is 0 Å². The van der Waals surface area contributed by atoms with Crippen LogP contribution in [0.5, 0.6) is 0 Å². The Morgan fingerprint density at radius 3 is 2.63 bits per heavy atom. The summed E-state index contributed by atoms with van der Waals surface area (Å²) in [6, 6.07) is 21.5. The summed E-state index contributed by atoms with van der Waals surface area (Å²) in [5, 5.41) is 0. The van der Waals surface area contributed by atoms with Crippen molar-refractivity contribution < 1.29 is 4.79 Å². The van der Waals surface area contributed by atoms with Crippen molar-refractivity contribution in [3.63, 3.8) is 0 Å². The lowest BCUT2D eigenvalue weighted by Crippen LogP contribution is -2.28. The summed E-state index contributed by atoms with van der Waals surface area (Å²) in [6.07, 6.45) is 1.02. The average molecular weight is 376 g/mol.